The van der Waals surface area contributed by atoms with Gasteiger partial charge in [0.2, 0.25) is 0 Å². The fraction of sp³-hybridized carbons (Fsp3) is 0.600. The minimum atomic E-state index is 0.856. The van der Waals surface area contributed by atoms with Crippen molar-refractivity contribution in [3.05, 3.63) is 12.4 Å². The summed E-state index contributed by atoms with van der Waals surface area (Å²) in [5.41, 5.74) is 0. The number of thioether (sulfide) groups is 1. The predicted octanol–water partition coefficient (Wildman–Crippen LogP) is 2.41. The molecule has 14 heavy (non-hydrogen) atoms. The number of nitrogens with one attached hydrogen (secondary N) is 1. The first-order chi connectivity index (χ1) is 6.88. The molecule has 0 amide bonds. The Morgan fingerprint density at radius 3 is 3.00 bits per heavy atom. The Labute approximate surface area is 88.7 Å². The van der Waals surface area contributed by atoms with Crippen molar-refractivity contribution in [2.24, 2.45) is 5.92 Å². The van der Waals surface area contributed by atoms with E-state index in [1.165, 1.54) is 19.3 Å². The Balaban J connectivity index is 1.87. The molecule has 4 heteroatoms. The molecule has 0 spiro atoms. The molecule has 1 aromatic rings. The lowest BCUT2D eigenvalue weighted by Crippen LogP contribution is -2.21. The van der Waals surface area contributed by atoms with Gasteiger partial charge >= 0.3 is 0 Å². The SMILES string of the molecule is CSc1cncc(NCC2CCC2)n1. The Bertz CT molecular complexity index is 299. The second kappa shape index (κ2) is 4.64. The fourth-order valence-electron chi connectivity index (χ4n) is 1.48. The van der Waals surface area contributed by atoms with Crippen LogP contribution in [0.5, 0.6) is 0 Å². The van der Waals surface area contributed by atoms with Crippen LogP contribution in [-0.2, 0) is 0 Å². The first-order valence-electron chi connectivity index (χ1n) is 4.98. The number of aromatic nitrogens is 2. The molecule has 1 aliphatic carbocycles. The van der Waals surface area contributed by atoms with Gasteiger partial charge in [-0.2, -0.15) is 0 Å². The summed E-state index contributed by atoms with van der Waals surface area (Å²) < 4.78 is 0. The topological polar surface area (TPSA) is 37.8 Å². The van der Waals surface area contributed by atoms with Gasteiger partial charge in [0, 0.05) is 6.54 Å². The molecule has 76 valence electrons. The molecule has 0 aliphatic heterocycles. The van der Waals surface area contributed by atoms with Gasteiger partial charge in [0.1, 0.15) is 10.8 Å². The van der Waals surface area contributed by atoms with E-state index in [1.807, 2.05) is 6.26 Å². The monoisotopic (exact) mass is 209 g/mol. The highest BCUT2D eigenvalue weighted by molar-refractivity contribution is 7.98. The van der Waals surface area contributed by atoms with E-state index in [0.717, 1.165) is 23.3 Å². The largest absolute Gasteiger partial charge is 0.368 e. The lowest BCUT2D eigenvalue weighted by atomic mass is 9.85. The zero-order valence-electron chi connectivity index (χ0n) is 8.36. The summed E-state index contributed by atoms with van der Waals surface area (Å²) in [6.07, 6.45) is 9.71. The molecule has 0 atom stereocenters. The maximum absolute atomic E-state index is 4.41. The summed E-state index contributed by atoms with van der Waals surface area (Å²) in [7, 11) is 0. The van der Waals surface area contributed by atoms with Crippen molar-refractivity contribution in [3.63, 3.8) is 0 Å². The zero-order chi connectivity index (χ0) is 9.80. The van der Waals surface area contributed by atoms with Crippen molar-refractivity contribution in [3.8, 4) is 0 Å². The van der Waals surface area contributed by atoms with Crippen molar-refractivity contribution >= 4 is 17.6 Å². The van der Waals surface area contributed by atoms with Crippen molar-refractivity contribution in [2.75, 3.05) is 18.1 Å². The van der Waals surface area contributed by atoms with Gasteiger partial charge in [-0.3, -0.25) is 4.98 Å². The molecule has 2 rings (SSSR count). The summed E-state index contributed by atoms with van der Waals surface area (Å²) in [4.78, 5) is 8.54. The third kappa shape index (κ3) is 2.38. The number of anilines is 1. The highest BCUT2D eigenvalue weighted by Crippen LogP contribution is 2.26. The first kappa shape index (κ1) is 9.77. The minimum Gasteiger partial charge on any atom is -0.368 e. The Kier molecular flexibility index (Phi) is 3.24. The summed E-state index contributed by atoms with van der Waals surface area (Å²) in [5.74, 6) is 1.76. The molecular formula is C10H15N3S. The Hall–Kier alpha value is -0.770. The van der Waals surface area contributed by atoms with E-state index in [-0.39, 0.29) is 0 Å². The highest BCUT2D eigenvalue weighted by atomic mass is 32.2. The van der Waals surface area contributed by atoms with Crippen LogP contribution >= 0.6 is 11.8 Å². The van der Waals surface area contributed by atoms with Crippen LogP contribution < -0.4 is 5.32 Å². The van der Waals surface area contributed by atoms with Crippen LogP contribution in [0.2, 0.25) is 0 Å². The van der Waals surface area contributed by atoms with Crippen LogP contribution in [-0.4, -0.2) is 22.8 Å². The highest BCUT2D eigenvalue weighted by Gasteiger charge is 2.16. The third-order valence-electron chi connectivity index (χ3n) is 2.62. The molecule has 1 fully saturated rings. The molecule has 1 heterocycles. The van der Waals surface area contributed by atoms with Crippen LogP contribution in [0.4, 0.5) is 5.82 Å². The van der Waals surface area contributed by atoms with Gasteiger partial charge in [-0.15, -0.1) is 11.8 Å². The molecule has 3 nitrogen and oxygen atoms in total. The van der Waals surface area contributed by atoms with E-state index in [0.29, 0.717) is 0 Å². The van der Waals surface area contributed by atoms with Gasteiger partial charge < -0.3 is 5.32 Å². The summed E-state index contributed by atoms with van der Waals surface area (Å²) in [5, 5.41) is 4.31. The summed E-state index contributed by atoms with van der Waals surface area (Å²) >= 11 is 1.62. The summed E-state index contributed by atoms with van der Waals surface area (Å²) in [6, 6.07) is 0. The molecule has 0 aromatic carbocycles. The molecule has 1 aliphatic rings. The third-order valence-corrected chi connectivity index (χ3v) is 3.23. The summed E-state index contributed by atoms with van der Waals surface area (Å²) in [6.45, 7) is 1.05. The van der Waals surface area contributed by atoms with E-state index < -0.39 is 0 Å². The van der Waals surface area contributed by atoms with E-state index in [4.69, 9.17) is 0 Å². The molecule has 1 saturated carbocycles. The van der Waals surface area contributed by atoms with Crippen molar-refractivity contribution in [2.45, 2.75) is 24.3 Å². The van der Waals surface area contributed by atoms with Crippen LogP contribution in [0.1, 0.15) is 19.3 Å². The number of nitrogens with zero attached hydrogens (tertiary/aromatic N) is 2. The molecular weight excluding hydrogens is 194 g/mol. The van der Waals surface area contributed by atoms with Crippen LogP contribution in [0.15, 0.2) is 17.4 Å². The number of hydrogen-bond donors (Lipinski definition) is 1. The van der Waals surface area contributed by atoms with Crippen LogP contribution in [0.3, 0.4) is 0 Å². The van der Waals surface area contributed by atoms with Gasteiger partial charge in [0.15, 0.2) is 0 Å². The van der Waals surface area contributed by atoms with E-state index in [9.17, 15) is 0 Å². The quantitative estimate of drug-likeness (QED) is 0.773. The Morgan fingerprint density at radius 1 is 1.50 bits per heavy atom. The Morgan fingerprint density at radius 2 is 2.36 bits per heavy atom. The lowest BCUT2D eigenvalue weighted by molar-refractivity contribution is 0.333. The molecule has 0 radical (unpaired) electrons. The van der Waals surface area contributed by atoms with Crippen molar-refractivity contribution < 1.29 is 0 Å². The molecule has 0 bridgehead atoms. The van der Waals surface area contributed by atoms with Crippen LogP contribution in [0.25, 0.3) is 0 Å². The average Bonchev–Trinajstić information content (AvgIpc) is 2.16. The van der Waals surface area contributed by atoms with Gasteiger partial charge in [0.05, 0.1) is 12.4 Å². The van der Waals surface area contributed by atoms with Gasteiger partial charge in [0.25, 0.3) is 0 Å². The lowest BCUT2D eigenvalue weighted by Gasteiger charge is -2.25. The zero-order valence-corrected chi connectivity index (χ0v) is 9.18. The predicted molar refractivity (Wildman–Crippen MR) is 59.6 cm³/mol. The van der Waals surface area contributed by atoms with E-state index in [1.54, 1.807) is 24.2 Å². The van der Waals surface area contributed by atoms with Gasteiger partial charge in [-0.25, -0.2) is 4.98 Å². The maximum atomic E-state index is 4.41. The maximum Gasteiger partial charge on any atom is 0.145 e. The molecule has 1 N–H and O–H groups in total. The van der Waals surface area contributed by atoms with Crippen molar-refractivity contribution in [1.82, 2.24) is 9.97 Å². The molecule has 0 unspecified atom stereocenters. The number of rotatable bonds is 4. The molecule has 1 aromatic heterocycles. The van der Waals surface area contributed by atoms with Gasteiger partial charge in [-0.05, 0) is 25.0 Å². The molecule has 0 saturated heterocycles. The minimum absolute atomic E-state index is 0.856. The van der Waals surface area contributed by atoms with Crippen molar-refractivity contribution in [1.29, 1.82) is 0 Å². The standard InChI is InChI=1S/C10H15N3S/c1-14-10-7-11-6-9(13-10)12-5-8-3-2-4-8/h6-8H,2-5H2,1H3,(H,12,13). The first-order valence-corrected chi connectivity index (χ1v) is 6.21. The second-order valence-electron chi connectivity index (χ2n) is 3.62. The second-order valence-corrected chi connectivity index (χ2v) is 4.45. The number of hydrogen-bond acceptors (Lipinski definition) is 4. The van der Waals surface area contributed by atoms with E-state index >= 15 is 0 Å². The smallest absolute Gasteiger partial charge is 0.145 e. The fourth-order valence-corrected chi connectivity index (χ4v) is 1.83. The average molecular weight is 209 g/mol. The van der Waals surface area contributed by atoms with E-state index in [2.05, 4.69) is 15.3 Å². The van der Waals surface area contributed by atoms with Crippen LogP contribution in [0, 0.1) is 5.92 Å². The van der Waals surface area contributed by atoms with Gasteiger partial charge in [-0.1, -0.05) is 6.42 Å². The normalized spacial score (nSPS) is 16.4.